The van der Waals surface area contributed by atoms with Crippen molar-refractivity contribution in [3.05, 3.63) is 0 Å². The van der Waals surface area contributed by atoms with Gasteiger partial charge in [-0.2, -0.15) is 13.2 Å². The van der Waals surface area contributed by atoms with Gasteiger partial charge >= 0.3 is 12.1 Å². The maximum Gasteiger partial charge on any atom is 0.490 e. The molecule has 0 aromatic carbocycles. The number of carbonyl (C=O) groups excluding carboxylic acids is 1. The molecule has 1 rings (SSSR count). The Morgan fingerprint density at radius 3 is 2.00 bits per heavy atom. The van der Waals surface area contributed by atoms with Crippen molar-refractivity contribution in [1.82, 2.24) is 10.2 Å². The first kappa shape index (κ1) is 16.6. The normalized spacial score (nSPS) is 23.0. The number of carboxylic acid groups (broad SMARTS) is 1. The van der Waals surface area contributed by atoms with Crippen LogP contribution in [0.5, 0.6) is 0 Å². The van der Waals surface area contributed by atoms with Crippen LogP contribution in [-0.4, -0.2) is 66.0 Å². The number of aliphatic carboxylic acids is 1. The van der Waals surface area contributed by atoms with Gasteiger partial charge in [0.2, 0.25) is 5.91 Å². The molecule has 0 unspecified atom stereocenters. The van der Waals surface area contributed by atoms with Crippen LogP contribution in [0.15, 0.2) is 0 Å². The summed E-state index contributed by atoms with van der Waals surface area (Å²) >= 11 is 0. The summed E-state index contributed by atoms with van der Waals surface area (Å²) in [7, 11) is 3.43. The average molecular weight is 272 g/mol. The number of β-amino-alcohol motifs (C(OH)–C–C–N with tert-alkyl or cyclic N) is 1. The van der Waals surface area contributed by atoms with E-state index in [-0.39, 0.29) is 18.1 Å². The molecule has 3 N–H and O–H groups in total. The van der Waals surface area contributed by atoms with Crippen molar-refractivity contribution in [2.24, 2.45) is 0 Å². The first-order valence-corrected chi connectivity index (χ1v) is 4.98. The summed E-state index contributed by atoms with van der Waals surface area (Å²) in [4.78, 5) is 21.7. The van der Waals surface area contributed by atoms with E-state index in [1.54, 1.807) is 14.1 Å². The lowest BCUT2D eigenvalue weighted by Gasteiger charge is -2.15. The summed E-state index contributed by atoms with van der Waals surface area (Å²) in [6, 6.07) is -0.181. The van der Waals surface area contributed by atoms with Crippen LogP contribution in [0.25, 0.3) is 0 Å². The molecule has 0 aliphatic carbocycles. The van der Waals surface area contributed by atoms with Crippen molar-refractivity contribution in [3.63, 3.8) is 0 Å². The molecule has 1 aliphatic heterocycles. The highest BCUT2D eigenvalue weighted by molar-refractivity contribution is 5.81. The molecule has 6 nitrogen and oxygen atoms in total. The third-order valence-corrected chi connectivity index (χ3v) is 2.09. The van der Waals surface area contributed by atoms with Gasteiger partial charge in [-0.1, -0.05) is 0 Å². The second-order valence-electron chi connectivity index (χ2n) is 3.89. The summed E-state index contributed by atoms with van der Waals surface area (Å²) < 4.78 is 31.7. The average Bonchev–Trinajstić information content (AvgIpc) is 2.63. The molecule has 9 heteroatoms. The number of halogens is 3. The molecule has 0 spiro atoms. The number of nitrogens with one attached hydrogen (secondary N) is 1. The fourth-order valence-corrected chi connectivity index (χ4v) is 1.22. The third-order valence-electron chi connectivity index (χ3n) is 2.09. The molecule has 1 fully saturated rings. The predicted molar refractivity (Wildman–Crippen MR) is 54.8 cm³/mol. The third kappa shape index (κ3) is 5.82. The van der Waals surface area contributed by atoms with Crippen molar-refractivity contribution in [2.75, 3.05) is 20.6 Å². The van der Waals surface area contributed by atoms with Gasteiger partial charge in [-0.25, -0.2) is 4.79 Å². The highest BCUT2D eigenvalue weighted by Crippen LogP contribution is 2.13. The van der Waals surface area contributed by atoms with Crippen LogP contribution in [-0.2, 0) is 9.59 Å². The van der Waals surface area contributed by atoms with E-state index >= 15 is 0 Å². The first-order chi connectivity index (χ1) is 8.05. The highest BCUT2D eigenvalue weighted by atomic mass is 19.4. The Labute approximate surface area is 101 Å². The molecule has 0 aromatic heterocycles. The fourth-order valence-electron chi connectivity index (χ4n) is 1.22. The molecular formula is C9H15F3N2O4. The smallest absolute Gasteiger partial charge is 0.475 e. The van der Waals surface area contributed by atoms with Crippen molar-refractivity contribution < 1.29 is 33.0 Å². The number of hydrogen-bond acceptors (Lipinski definition) is 4. The van der Waals surface area contributed by atoms with E-state index in [1.807, 2.05) is 0 Å². The minimum atomic E-state index is -5.08. The molecule has 0 saturated carbocycles. The second-order valence-corrected chi connectivity index (χ2v) is 3.89. The number of alkyl halides is 3. The molecule has 0 bridgehead atoms. The van der Waals surface area contributed by atoms with Crippen LogP contribution < -0.4 is 5.32 Å². The fraction of sp³-hybridized carbons (Fsp3) is 0.778. The monoisotopic (exact) mass is 272 g/mol. The Kier molecular flexibility index (Phi) is 6.06. The van der Waals surface area contributed by atoms with Crippen molar-refractivity contribution in [1.29, 1.82) is 0 Å². The predicted octanol–water partition coefficient (Wildman–Crippen LogP) is -0.569. The summed E-state index contributed by atoms with van der Waals surface area (Å²) in [6.45, 7) is 0.532. The number of likely N-dealkylation sites (N-methyl/N-ethyl adjacent to an activating group) is 1. The van der Waals surface area contributed by atoms with E-state index in [2.05, 4.69) is 5.32 Å². The molecule has 0 radical (unpaired) electrons. The number of rotatable bonds is 1. The first-order valence-electron chi connectivity index (χ1n) is 4.98. The zero-order valence-corrected chi connectivity index (χ0v) is 9.86. The zero-order valence-electron chi connectivity index (χ0n) is 9.86. The van der Waals surface area contributed by atoms with Crippen LogP contribution in [0.1, 0.15) is 6.42 Å². The molecule has 2 atom stereocenters. The van der Waals surface area contributed by atoms with Gasteiger partial charge in [-0.05, 0) is 6.42 Å². The molecule has 18 heavy (non-hydrogen) atoms. The molecule has 1 heterocycles. The topological polar surface area (TPSA) is 89.9 Å². The number of aliphatic hydroxyl groups excluding tert-OH is 1. The summed E-state index contributed by atoms with van der Waals surface area (Å²) in [5, 5.41) is 19.2. The number of carboxylic acids is 1. The van der Waals surface area contributed by atoms with E-state index < -0.39 is 12.1 Å². The summed E-state index contributed by atoms with van der Waals surface area (Å²) in [5.74, 6) is -2.71. The maximum absolute atomic E-state index is 11.2. The van der Waals surface area contributed by atoms with Gasteiger partial charge in [-0.3, -0.25) is 4.79 Å². The molecule has 1 aliphatic rings. The van der Waals surface area contributed by atoms with Gasteiger partial charge in [0.1, 0.15) is 0 Å². The molecule has 0 aromatic rings. The van der Waals surface area contributed by atoms with Crippen LogP contribution in [0.3, 0.4) is 0 Å². The van der Waals surface area contributed by atoms with E-state index in [1.165, 1.54) is 4.90 Å². The van der Waals surface area contributed by atoms with Crippen LogP contribution in [0, 0.1) is 0 Å². The van der Waals surface area contributed by atoms with Gasteiger partial charge in [0, 0.05) is 20.6 Å². The second kappa shape index (κ2) is 6.55. The van der Waals surface area contributed by atoms with Gasteiger partial charge in [0.05, 0.1) is 12.1 Å². The standard InChI is InChI=1S/C7H14N2O2.C2HF3O2/c1-9(2)7(11)6-3-5(10)4-8-6;3-2(4,5)1(6)7/h5-6,8,10H,3-4H2,1-2H3;(H,6,7)/t5-,6-;/m1./s1. The van der Waals surface area contributed by atoms with Gasteiger partial charge < -0.3 is 20.4 Å². The van der Waals surface area contributed by atoms with Gasteiger partial charge in [0.25, 0.3) is 0 Å². The SMILES string of the molecule is CN(C)C(=O)[C@H]1C[C@@H](O)CN1.O=C(O)C(F)(F)F. The zero-order chi connectivity index (χ0) is 14.5. The lowest BCUT2D eigenvalue weighted by atomic mass is 10.2. The Hall–Kier alpha value is -1.35. The van der Waals surface area contributed by atoms with Crippen molar-refractivity contribution in [3.8, 4) is 0 Å². The number of hydrogen-bond donors (Lipinski definition) is 3. The molecular weight excluding hydrogens is 257 g/mol. The van der Waals surface area contributed by atoms with Crippen LogP contribution >= 0.6 is 0 Å². The molecule has 1 saturated heterocycles. The number of carbonyl (C=O) groups is 2. The Bertz CT molecular complexity index is 307. The lowest BCUT2D eigenvalue weighted by molar-refractivity contribution is -0.192. The van der Waals surface area contributed by atoms with Crippen molar-refractivity contribution >= 4 is 11.9 Å². The number of nitrogens with zero attached hydrogens (tertiary/aromatic N) is 1. The molecule has 106 valence electrons. The highest BCUT2D eigenvalue weighted by Gasteiger charge is 2.38. The van der Waals surface area contributed by atoms with Gasteiger partial charge in [0.15, 0.2) is 0 Å². The largest absolute Gasteiger partial charge is 0.490 e. The Morgan fingerprint density at radius 2 is 1.78 bits per heavy atom. The maximum atomic E-state index is 11.2. The quantitative estimate of drug-likeness (QED) is 0.595. The van der Waals surface area contributed by atoms with E-state index in [4.69, 9.17) is 15.0 Å². The Morgan fingerprint density at radius 1 is 1.33 bits per heavy atom. The van der Waals surface area contributed by atoms with Crippen molar-refractivity contribution in [2.45, 2.75) is 24.7 Å². The summed E-state index contributed by atoms with van der Waals surface area (Å²) in [6.07, 6.45) is -4.90. The minimum Gasteiger partial charge on any atom is -0.475 e. The summed E-state index contributed by atoms with van der Waals surface area (Å²) in [5.41, 5.74) is 0. The molecule has 1 amide bonds. The number of aliphatic hydroxyl groups is 1. The van der Waals surface area contributed by atoms with E-state index in [0.717, 1.165) is 0 Å². The number of amides is 1. The van der Waals surface area contributed by atoms with E-state index in [0.29, 0.717) is 13.0 Å². The minimum absolute atomic E-state index is 0.0431. The van der Waals surface area contributed by atoms with Gasteiger partial charge in [-0.15, -0.1) is 0 Å². The van der Waals surface area contributed by atoms with Crippen LogP contribution in [0.2, 0.25) is 0 Å². The Balaban J connectivity index is 0.000000360. The van der Waals surface area contributed by atoms with E-state index in [9.17, 15) is 18.0 Å². The lowest BCUT2D eigenvalue weighted by Crippen LogP contribution is -2.39. The van der Waals surface area contributed by atoms with Crippen LogP contribution in [0.4, 0.5) is 13.2 Å².